The molecule has 1 aliphatic rings. The molecule has 0 amide bonds. The summed E-state index contributed by atoms with van der Waals surface area (Å²) in [5, 5.41) is 1.30. The number of aryl methyl sites for hydroxylation is 1. The molecule has 1 aliphatic heterocycles. The molecule has 4 heteroatoms. The molecule has 1 heterocycles. The minimum absolute atomic E-state index is 0.251. The molecule has 0 aromatic heterocycles. The van der Waals surface area contributed by atoms with Crippen molar-refractivity contribution in [3.8, 4) is 5.75 Å². The van der Waals surface area contributed by atoms with Crippen molar-refractivity contribution in [2.24, 2.45) is 0 Å². The van der Waals surface area contributed by atoms with Gasteiger partial charge in [-0.2, -0.15) is 0 Å². The predicted molar refractivity (Wildman–Crippen MR) is 78.3 cm³/mol. The molecule has 102 valence electrons. The first-order chi connectivity index (χ1) is 9.58. The van der Waals surface area contributed by atoms with Gasteiger partial charge in [0, 0.05) is 16.5 Å². The molecule has 2 aromatic carbocycles. The molecule has 0 fully saturated rings. The standard InChI is InChI=1S/C16H14O3S/c1-12-6-2-4-8-15(12)19-10-13-11-20(17,18)16-9-5-3-7-14(13)16/h2-9,11H,10H2,1H3. The van der Waals surface area contributed by atoms with Crippen molar-refractivity contribution in [3.05, 3.63) is 65.1 Å². The van der Waals surface area contributed by atoms with Crippen molar-refractivity contribution in [3.63, 3.8) is 0 Å². The highest BCUT2D eigenvalue weighted by atomic mass is 32.2. The summed E-state index contributed by atoms with van der Waals surface area (Å²) in [4.78, 5) is 0.364. The van der Waals surface area contributed by atoms with Gasteiger partial charge in [-0.3, -0.25) is 0 Å². The number of rotatable bonds is 3. The number of benzene rings is 2. The molecule has 0 saturated carbocycles. The maximum atomic E-state index is 12.0. The SMILES string of the molecule is Cc1ccccc1OCC1=CS(=O)(=O)c2ccccc21. The van der Waals surface area contributed by atoms with Crippen LogP contribution in [0.15, 0.2) is 58.8 Å². The van der Waals surface area contributed by atoms with Gasteiger partial charge < -0.3 is 4.74 Å². The van der Waals surface area contributed by atoms with E-state index in [1.54, 1.807) is 12.1 Å². The molecular weight excluding hydrogens is 272 g/mol. The van der Waals surface area contributed by atoms with Crippen LogP contribution in [0.25, 0.3) is 5.57 Å². The fourth-order valence-electron chi connectivity index (χ4n) is 2.28. The van der Waals surface area contributed by atoms with E-state index in [0.717, 1.165) is 16.9 Å². The number of hydrogen-bond donors (Lipinski definition) is 0. The van der Waals surface area contributed by atoms with Gasteiger partial charge in [0.15, 0.2) is 0 Å². The zero-order valence-corrected chi connectivity index (χ0v) is 11.9. The average molecular weight is 286 g/mol. The van der Waals surface area contributed by atoms with E-state index >= 15 is 0 Å². The molecule has 0 radical (unpaired) electrons. The second kappa shape index (κ2) is 4.80. The van der Waals surface area contributed by atoms with Crippen LogP contribution in [-0.2, 0) is 9.84 Å². The predicted octanol–water partition coefficient (Wildman–Crippen LogP) is 3.20. The second-order valence-electron chi connectivity index (χ2n) is 4.74. The van der Waals surface area contributed by atoms with Crippen LogP contribution in [0.5, 0.6) is 5.75 Å². The topological polar surface area (TPSA) is 43.4 Å². The highest BCUT2D eigenvalue weighted by Gasteiger charge is 2.26. The molecule has 2 aromatic rings. The van der Waals surface area contributed by atoms with Crippen molar-refractivity contribution in [2.45, 2.75) is 11.8 Å². The fourth-order valence-corrected chi connectivity index (χ4v) is 3.75. The Kier molecular flexibility index (Phi) is 3.10. The molecule has 0 bridgehead atoms. The first-order valence-electron chi connectivity index (χ1n) is 6.31. The Bertz CT molecular complexity index is 789. The number of para-hydroxylation sites is 1. The number of hydrogen-bond acceptors (Lipinski definition) is 3. The molecule has 20 heavy (non-hydrogen) atoms. The maximum Gasteiger partial charge on any atom is 0.200 e. The van der Waals surface area contributed by atoms with Crippen LogP contribution in [0.2, 0.25) is 0 Å². The molecule has 3 rings (SSSR count). The van der Waals surface area contributed by atoms with E-state index in [0.29, 0.717) is 10.5 Å². The van der Waals surface area contributed by atoms with Gasteiger partial charge in [0.1, 0.15) is 12.4 Å². The molecule has 0 spiro atoms. The lowest BCUT2D eigenvalue weighted by Gasteiger charge is -2.09. The Morgan fingerprint density at radius 2 is 1.70 bits per heavy atom. The van der Waals surface area contributed by atoms with Gasteiger partial charge >= 0.3 is 0 Å². The normalized spacial score (nSPS) is 15.6. The van der Waals surface area contributed by atoms with Crippen LogP contribution in [0.1, 0.15) is 11.1 Å². The Labute approximate surface area is 118 Å². The number of fused-ring (bicyclic) bond motifs is 1. The minimum atomic E-state index is -3.31. The van der Waals surface area contributed by atoms with Gasteiger partial charge in [-0.1, -0.05) is 36.4 Å². The summed E-state index contributed by atoms with van der Waals surface area (Å²) in [5.41, 5.74) is 2.46. The lowest BCUT2D eigenvalue weighted by atomic mass is 10.1. The van der Waals surface area contributed by atoms with Crippen LogP contribution >= 0.6 is 0 Å². The van der Waals surface area contributed by atoms with Gasteiger partial charge in [-0.25, -0.2) is 8.42 Å². The summed E-state index contributed by atoms with van der Waals surface area (Å²) < 4.78 is 29.8. The van der Waals surface area contributed by atoms with Crippen LogP contribution in [0.4, 0.5) is 0 Å². The van der Waals surface area contributed by atoms with Gasteiger partial charge in [-0.15, -0.1) is 0 Å². The summed E-state index contributed by atoms with van der Waals surface area (Å²) in [7, 11) is -3.31. The Morgan fingerprint density at radius 1 is 1.00 bits per heavy atom. The smallest absolute Gasteiger partial charge is 0.200 e. The van der Waals surface area contributed by atoms with E-state index in [1.165, 1.54) is 5.41 Å². The lowest BCUT2D eigenvalue weighted by molar-refractivity contribution is 0.367. The van der Waals surface area contributed by atoms with Gasteiger partial charge in [0.25, 0.3) is 0 Å². The minimum Gasteiger partial charge on any atom is -0.489 e. The second-order valence-corrected chi connectivity index (χ2v) is 6.50. The van der Waals surface area contributed by atoms with Crippen LogP contribution in [0, 0.1) is 6.92 Å². The van der Waals surface area contributed by atoms with Crippen LogP contribution in [0.3, 0.4) is 0 Å². The monoisotopic (exact) mass is 286 g/mol. The van der Waals surface area contributed by atoms with E-state index < -0.39 is 9.84 Å². The summed E-state index contributed by atoms with van der Waals surface area (Å²) in [6.07, 6.45) is 0. The van der Waals surface area contributed by atoms with E-state index in [2.05, 4.69) is 0 Å². The Balaban J connectivity index is 1.88. The first-order valence-corrected chi connectivity index (χ1v) is 7.86. The highest BCUT2D eigenvalue weighted by Crippen LogP contribution is 2.33. The molecule has 0 N–H and O–H groups in total. The maximum absolute atomic E-state index is 12.0. The Morgan fingerprint density at radius 3 is 2.50 bits per heavy atom. The molecule has 0 unspecified atom stereocenters. The van der Waals surface area contributed by atoms with Gasteiger partial charge in [-0.05, 0) is 24.6 Å². The zero-order valence-electron chi connectivity index (χ0n) is 11.0. The number of sulfone groups is 1. The third-order valence-electron chi connectivity index (χ3n) is 3.31. The average Bonchev–Trinajstić information content (AvgIpc) is 2.70. The van der Waals surface area contributed by atoms with E-state index in [-0.39, 0.29) is 6.61 Å². The van der Waals surface area contributed by atoms with Crippen LogP contribution in [-0.4, -0.2) is 15.0 Å². The zero-order chi connectivity index (χ0) is 14.2. The summed E-state index contributed by atoms with van der Waals surface area (Å²) in [6, 6.07) is 14.7. The largest absolute Gasteiger partial charge is 0.489 e. The molecule has 0 atom stereocenters. The van der Waals surface area contributed by atoms with Crippen LogP contribution < -0.4 is 4.74 Å². The lowest BCUT2D eigenvalue weighted by Crippen LogP contribution is -2.00. The van der Waals surface area contributed by atoms with Gasteiger partial charge in [0.2, 0.25) is 9.84 Å². The highest BCUT2D eigenvalue weighted by molar-refractivity contribution is 7.95. The molecule has 0 saturated heterocycles. The quantitative estimate of drug-likeness (QED) is 0.870. The van der Waals surface area contributed by atoms with Crippen molar-refractivity contribution >= 4 is 15.4 Å². The van der Waals surface area contributed by atoms with E-state index in [9.17, 15) is 8.42 Å². The fraction of sp³-hybridized carbons (Fsp3) is 0.125. The molecule has 3 nitrogen and oxygen atoms in total. The van der Waals surface area contributed by atoms with Crippen molar-refractivity contribution in [1.82, 2.24) is 0 Å². The number of ether oxygens (including phenoxy) is 1. The Hall–Kier alpha value is -2.07. The molecule has 0 aliphatic carbocycles. The third kappa shape index (κ3) is 2.23. The van der Waals surface area contributed by atoms with E-state index in [1.807, 2.05) is 43.3 Å². The third-order valence-corrected chi connectivity index (χ3v) is 4.88. The van der Waals surface area contributed by atoms with Crippen molar-refractivity contribution in [1.29, 1.82) is 0 Å². The van der Waals surface area contributed by atoms with Crippen molar-refractivity contribution in [2.75, 3.05) is 6.61 Å². The summed E-state index contributed by atoms with van der Waals surface area (Å²) in [6.45, 7) is 2.21. The summed E-state index contributed by atoms with van der Waals surface area (Å²) in [5.74, 6) is 0.773. The van der Waals surface area contributed by atoms with Crippen molar-refractivity contribution < 1.29 is 13.2 Å². The summed E-state index contributed by atoms with van der Waals surface area (Å²) >= 11 is 0. The first kappa shape index (κ1) is 12.9. The van der Waals surface area contributed by atoms with Gasteiger partial charge in [0.05, 0.1) is 4.90 Å². The van der Waals surface area contributed by atoms with E-state index in [4.69, 9.17) is 4.74 Å². The molecular formula is C16H14O3S.